The number of halogens is 1. The lowest BCUT2D eigenvalue weighted by molar-refractivity contribution is -0.121. The normalized spacial score (nSPS) is 12.2. The molecule has 12 heavy (non-hydrogen) atoms. The zero-order chi connectivity index (χ0) is 9.40. The molecule has 0 aliphatic rings. The summed E-state index contributed by atoms with van der Waals surface area (Å²) in [4.78, 5) is 11.1. The monoisotopic (exact) mass is 233 g/mol. The first-order chi connectivity index (χ1) is 5.70. The molecule has 0 bridgehead atoms. The van der Waals surface area contributed by atoms with Crippen LogP contribution in [0.25, 0.3) is 0 Å². The Hall–Kier alpha value is -0.310. The molecule has 0 aromatic heterocycles. The maximum atomic E-state index is 11.1. The van der Waals surface area contributed by atoms with Crippen LogP contribution >= 0.6 is 15.9 Å². The molecule has 1 unspecified atom stereocenters. The summed E-state index contributed by atoms with van der Waals surface area (Å²) in [5.74, 6) is 0.114. The van der Waals surface area contributed by atoms with E-state index in [1.165, 1.54) is 0 Å². The third-order valence-corrected chi connectivity index (χ3v) is 2.09. The minimum absolute atomic E-state index is 0.0847. The van der Waals surface area contributed by atoms with E-state index in [0.717, 1.165) is 18.2 Å². The van der Waals surface area contributed by atoms with E-state index in [9.17, 15) is 4.79 Å². The molecule has 70 valence electrons. The third-order valence-electron chi connectivity index (χ3n) is 1.53. The Morgan fingerprint density at radius 2 is 2.33 bits per heavy atom. The fourth-order valence-electron chi connectivity index (χ4n) is 0.765. The van der Waals surface area contributed by atoms with E-state index in [1.54, 1.807) is 6.08 Å². The minimum atomic E-state index is 0.0847. The number of nitrogens with one attached hydrogen (secondary N) is 1. The minimum Gasteiger partial charge on any atom is -0.350 e. The average molecular weight is 234 g/mol. The van der Waals surface area contributed by atoms with Gasteiger partial charge in [0.25, 0.3) is 0 Å². The van der Waals surface area contributed by atoms with E-state index in [2.05, 4.69) is 27.8 Å². The number of unbranched alkanes of at least 4 members (excludes halogenated alkanes) is 1. The first-order valence-corrected chi connectivity index (χ1v) is 5.30. The van der Waals surface area contributed by atoms with Crippen LogP contribution in [0.5, 0.6) is 0 Å². The van der Waals surface area contributed by atoms with Gasteiger partial charge in [0.1, 0.15) is 0 Å². The van der Waals surface area contributed by atoms with Gasteiger partial charge in [-0.3, -0.25) is 4.79 Å². The molecule has 1 atom stereocenters. The van der Waals surface area contributed by atoms with Crippen molar-refractivity contribution in [2.45, 2.75) is 32.2 Å². The number of carbonyl (C=O) groups is 1. The molecule has 0 heterocycles. The predicted octanol–water partition coefficient (Wildman–Crippen LogP) is 2.24. The maximum absolute atomic E-state index is 11.1. The van der Waals surface area contributed by atoms with Crippen LogP contribution < -0.4 is 5.32 Å². The summed E-state index contributed by atoms with van der Waals surface area (Å²) in [6, 6.07) is 0.0847. The lowest BCUT2D eigenvalue weighted by Gasteiger charge is -2.08. The second-order valence-electron chi connectivity index (χ2n) is 2.74. The van der Waals surface area contributed by atoms with Crippen molar-refractivity contribution in [2.24, 2.45) is 0 Å². The first kappa shape index (κ1) is 11.7. The van der Waals surface area contributed by atoms with E-state index in [-0.39, 0.29) is 11.9 Å². The number of amides is 1. The zero-order valence-electron chi connectivity index (χ0n) is 7.48. The molecular formula is C9H16BrNO. The predicted molar refractivity (Wildman–Crippen MR) is 55.4 cm³/mol. The Morgan fingerprint density at radius 1 is 1.67 bits per heavy atom. The maximum Gasteiger partial charge on any atom is 0.220 e. The van der Waals surface area contributed by atoms with Crippen LogP contribution in [0.2, 0.25) is 0 Å². The van der Waals surface area contributed by atoms with Crippen LogP contribution in [0.3, 0.4) is 0 Å². The molecule has 0 aromatic rings. The molecule has 1 amide bonds. The second kappa shape index (κ2) is 7.35. The van der Waals surface area contributed by atoms with E-state index in [4.69, 9.17) is 0 Å². The fraction of sp³-hybridized carbons (Fsp3) is 0.667. The van der Waals surface area contributed by atoms with Crippen LogP contribution in [0.1, 0.15) is 26.2 Å². The van der Waals surface area contributed by atoms with Gasteiger partial charge in [0.15, 0.2) is 0 Å². The fourth-order valence-corrected chi connectivity index (χ4v) is 1.16. The summed E-state index contributed by atoms with van der Waals surface area (Å²) in [5.41, 5.74) is 0. The van der Waals surface area contributed by atoms with Crippen LogP contribution in [0.4, 0.5) is 0 Å². The summed E-state index contributed by atoms with van der Waals surface area (Å²) in [6.45, 7) is 5.50. The molecule has 0 aliphatic heterocycles. The summed E-state index contributed by atoms with van der Waals surface area (Å²) in [5, 5.41) is 3.79. The average Bonchev–Trinajstić information content (AvgIpc) is 2.05. The van der Waals surface area contributed by atoms with E-state index >= 15 is 0 Å². The number of alkyl halides is 1. The highest BCUT2D eigenvalue weighted by Crippen LogP contribution is 1.98. The van der Waals surface area contributed by atoms with Crippen molar-refractivity contribution in [1.82, 2.24) is 5.32 Å². The number of hydrogen-bond donors (Lipinski definition) is 1. The van der Waals surface area contributed by atoms with Gasteiger partial charge in [0.05, 0.1) is 0 Å². The molecule has 0 aliphatic carbocycles. The quantitative estimate of drug-likeness (QED) is 0.426. The van der Waals surface area contributed by atoms with Gasteiger partial charge in [0, 0.05) is 17.8 Å². The molecule has 0 aromatic carbocycles. The summed E-state index contributed by atoms with van der Waals surface area (Å²) < 4.78 is 0. The molecule has 2 nitrogen and oxygen atoms in total. The van der Waals surface area contributed by atoms with Crippen LogP contribution in [0.15, 0.2) is 12.7 Å². The van der Waals surface area contributed by atoms with Gasteiger partial charge >= 0.3 is 0 Å². The zero-order valence-corrected chi connectivity index (χ0v) is 9.06. The topological polar surface area (TPSA) is 29.1 Å². The Bertz CT molecular complexity index is 147. The number of hydrogen-bond acceptors (Lipinski definition) is 1. The van der Waals surface area contributed by atoms with Crippen molar-refractivity contribution in [1.29, 1.82) is 0 Å². The highest BCUT2D eigenvalue weighted by atomic mass is 79.9. The standard InChI is InChI=1S/C9H16BrNO/c1-3-8(2)11-9(12)6-4-5-7-10/h3,8H,1,4-7H2,2H3,(H,11,12). The highest BCUT2D eigenvalue weighted by Gasteiger charge is 2.02. The molecule has 0 radical (unpaired) electrons. The van der Waals surface area contributed by atoms with E-state index < -0.39 is 0 Å². The summed E-state index contributed by atoms with van der Waals surface area (Å²) in [6.07, 6.45) is 4.34. The van der Waals surface area contributed by atoms with Crippen LogP contribution in [-0.4, -0.2) is 17.3 Å². The van der Waals surface area contributed by atoms with Crippen molar-refractivity contribution in [3.8, 4) is 0 Å². The van der Waals surface area contributed by atoms with Crippen molar-refractivity contribution in [2.75, 3.05) is 5.33 Å². The van der Waals surface area contributed by atoms with Crippen molar-refractivity contribution in [3.05, 3.63) is 12.7 Å². The summed E-state index contributed by atoms with van der Waals surface area (Å²) in [7, 11) is 0. The number of rotatable bonds is 6. The molecule has 0 saturated heterocycles. The molecule has 0 fully saturated rings. The van der Waals surface area contributed by atoms with Gasteiger partial charge < -0.3 is 5.32 Å². The molecular weight excluding hydrogens is 218 g/mol. The van der Waals surface area contributed by atoms with E-state index in [0.29, 0.717) is 6.42 Å². The van der Waals surface area contributed by atoms with Gasteiger partial charge in [-0.15, -0.1) is 6.58 Å². The second-order valence-corrected chi connectivity index (χ2v) is 3.53. The Labute approximate surface area is 82.5 Å². The van der Waals surface area contributed by atoms with E-state index in [1.807, 2.05) is 6.92 Å². The lowest BCUT2D eigenvalue weighted by atomic mass is 10.2. The molecule has 0 saturated carbocycles. The van der Waals surface area contributed by atoms with Gasteiger partial charge in [-0.25, -0.2) is 0 Å². The highest BCUT2D eigenvalue weighted by molar-refractivity contribution is 9.09. The SMILES string of the molecule is C=CC(C)NC(=O)CCCCBr. The Balaban J connectivity index is 3.39. The lowest BCUT2D eigenvalue weighted by Crippen LogP contribution is -2.30. The van der Waals surface area contributed by atoms with Gasteiger partial charge in [0.2, 0.25) is 5.91 Å². The Kier molecular flexibility index (Phi) is 7.16. The smallest absolute Gasteiger partial charge is 0.220 e. The van der Waals surface area contributed by atoms with Crippen molar-refractivity contribution in [3.63, 3.8) is 0 Å². The third kappa shape index (κ3) is 6.40. The summed E-state index contributed by atoms with van der Waals surface area (Å²) >= 11 is 3.32. The van der Waals surface area contributed by atoms with Crippen LogP contribution in [-0.2, 0) is 4.79 Å². The molecule has 3 heteroatoms. The Morgan fingerprint density at radius 3 is 2.83 bits per heavy atom. The number of carbonyl (C=O) groups excluding carboxylic acids is 1. The molecule has 1 N–H and O–H groups in total. The van der Waals surface area contributed by atoms with Crippen molar-refractivity contribution < 1.29 is 4.79 Å². The van der Waals surface area contributed by atoms with Crippen molar-refractivity contribution >= 4 is 21.8 Å². The molecule has 0 spiro atoms. The van der Waals surface area contributed by atoms with Gasteiger partial charge in [-0.1, -0.05) is 22.0 Å². The van der Waals surface area contributed by atoms with Gasteiger partial charge in [-0.05, 0) is 19.8 Å². The molecule has 0 rings (SSSR count). The largest absolute Gasteiger partial charge is 0.350 e. The van der Waals surface area contributed by atoms with Gasteiger partial charge in [-0.2, -0.15) is 0 Å². The van der Waals surface area contributed by atoms with Crippen LogP contribution in [0, 0.1) is 0 Å². The first-order valence-electron chi connectivity index (χ1n) is 4.18.